The monoisotopic (exact) mass is 251 g/mol. The second kappa shape index (κ2) is 6.47. The average molecular weight is 251 g/mol. The molecule has 0 radical (unpaired) electrons. The number of amides is 1. The first-order valence-corrected chi connectivity index (χ1v) is 6.74. The Hall–Kier alpha value is -1.11. The Morgan fingerprint density at radius 2 is 1.88 bits per heavy atom. The quantitative estimate of drug-likeness (QED) is 0.644. The molecule has 0 aromatic rings. The van der Waals surface area contributed by atoms with Crippen LogP contribution in [0.2, 0.25) is 0 Å². The van der Waals surface area contributed by atoms with E-state index in [1.165, 1.54) is 0 Å². The van der Waals surface area contributed by atoms with Gasteiger partial charge < -0.3 is 10.4 Å². The zero-order valence-corrected chi connectivity index (χ0v) is 10.2. The summed E-state index contributed by atoms with van der Waals surface area (Å²) < 4.78 is 22.8. The molecule has 0 heterocycles. The van der Waals surface area contributed by atoms with Crippen LogP contribution < -0.4 is 5.32 Å². The van der Waals surface area contributed by atoms with Crippen molar-refractivity contribution >= 4 is 21.7 Å². The van der Waals surface area contributed by atoms with E-state index in [2.05, 4.69) is 5.32 Å². The lowest BCUT2D eigenvalue weighted by molar-refractivity contribution is -0.137. The fourth-order valence-corrected chi connectivity index (χ4v) is 2.78. The van der Waals surface area contributed by atoms with Crippen LogP contribution in [0.25, 0.3) is 0 Å². The Balaban J connectivity index is 3.96. The lowest BCUT2D eigenvalue weighted by Gasteiger charge is -2.06. The SMILES string of the molecule is CC(C)CS(=O)(=O)CCC(=O)NCC(=O)O. The molecule has 0 atom stereocenters. The van der Waals surface area contributed by atoms with Crippen molar-refractivity contribution < 1.29 is 23.1 Å². The van der Waals surface area contributed by atoms with Crippen LogP contribution in [0.5, 0.6) is 0 Å². The van der Waals surface area contributed by atoms with Gasteiger partial charge in [-0.2, -0.15) is 0 Å². The molecule has 2 N–H and O–H groups in total. The van der Waals surface area contributed by atoms with Crippen LogP contribution in [0.3, 0.4) is 0 Å². The van der Waals surface area contributed by atoms with E-state index in [4.69, 9.17) is 5.11 Å². The molecule has 16 heavy (non-hydrogen) atoms. The molecule has 0 unspecified atom stereocenters. The summed E-state index contributed by atoms with van der Waals surface area (Å²) in [4.78, 5) is 21.2. The summed E-state index contributed by atoms with van der Waals surface area (Å²) >= 11 is 0. The highest BCUT2D eigenvalue weighted by molar-refractivity contribution is 7.91. The molecule has 0 bridgehead atoms. The van der Waals surface area contributed by atoms with Gasteiger partial charge in [0.1, 0.15) is 6.54 Å². The van der Waals surface area contributed by atoms with Crippen molar-refractivity contribution in [2.24, 2.45) is 5.92 Å². The Bertz CT molecular complexity index is 347. The number of sulfone groups is 1. The zero-order valence-electron chi connectivity index (χ0n) is 9.39. The van der Waals surface area contributed by atoms with Crippen molar-refractivity contribution in [3.05, 3.63) is 0 Å². The standard InChI is InChI=1S/C9H17NO5S/c1-7(2)6-16(14,15)4-3-8(11)10-5-9(12)13/h7H,3-6H2,1-2H3,(H,10,11)(H,12,13). The highest BCUT2D eigenvalue weighted by Gasteiger charge is 2.15. The van der Waals surface area contributed by atoms with Crippen molar-refractivity contribution in [1.29, 1.82) is 0 Å². The molecule has 0 fully saturated rings. The number of aliphatic carboxylic acids is 1. The van der Waals surface area contributed by atoms with Gasteiger partial charge >= 0.3 is 5.97 Å². The van der Waals surface area contributed by atoms with Gasteiger partial charge in [-0.15, -0.1) is 0 Å². The molecule has 94 valence electrons. The maximum absolute atomic E-state index is 11.4. The summed E-state index contributed by atoms with van der Waals surface area (Å²) in [5, 5.41) is 10.4. The normalized spacial score (nSPS) is 11.4. The minimum absolute atomic E-state index is 0.0204. The smallest absolute Gasteiger partial charge is 0.322 e. The number of rotatable bonds is 7. The summed E-state index contributed by atoms with van der Waals surface area (Å²) in [5.74, 6) is -1.89. The number of hydrogen-bond acceptors (Lipinski definition) is 4. The van der Waals surface area contributed by atoms with Crippen molar-refractivity contribution in [1.82, 2.24) is 5.32 Å². The molecule has 0 aliphatic carbocycles. The van der Waals surface area contributed by atoms with Crippen LogP contribution in [0.4, 0.5) is 0 Å². The minimum Gasteiger partial charge on any atom is -0.480 e. The van der Waals surface area contributed by atoms with Gasteiger partial charge in [-0.1, -0.05) is 13.8 Å². The van der Waals surface area contributed by atoms with Crippen LogP contribution in [0.15, 0.2) is 0 Å². The largest absolute Gasteiger partial charge is 0.480 e. The highest BCUT2D eigenvalue weighted by Crippen LogP contribution is 2.02. The number of carbonyl (C=O) groups excluding carboxylic acids is 1. The number of carbonyl (C=O) groups is 2. The van der Waals surface area contributed by atoms with E-state index in [9.17, 15) is 18.0 Å². The van der Waals surface area contributed by atoms with Crippen LogP contribution in [0.1, 0.15) is 20.3 Å². The molecule has 0 aromatic carbocycles. The summed E-state index contributed by atoms with van der Waals surface area (Å²) in [7, 11) is -3.22. The molecule has 0 saturated carbocycles. The van der Waals surface area contributed by atoms with E-state index >= 15 is 0 Å². The molecule has 0 spiro atoms. The third-order valence-electron chi connectivity index (χ3n) is 1.66. The second-order valence-electron chi connectivity index (χ2n) is 3.93. The first kappa shape index (κ1) is 14.9. The third-order valence-corrected chi connectivity index (χ3v) is 3.66. The van der Waals surface area contributed by atoms with Crippen LogP contribution in [0, 0.1) is 5.92 Å². The first-order valence-electron chi connectivity index (χ1n) is 4.92. The van der Waals surface area contributed by atoms with Crippen molar-refractivity contribution in [3.63, 3.8) is 0 Å². The number of nitrogens with one attached hydrogen (secondary N) is 1. The molecule has 0 aliphatic rings. The van der Waals surface area contributed by atoms with Gasteiger partial charge in [0, 0.05) is 6.42 Å². The van der Waals surface area contributed by atoms with Crippen LogP contribution >= 0.6 is 0 Å². The van der Waals surface area contributed by atoms with Gasteiger partial charge in [0.25, 0.3) is 0 Å². The molecular formula is C9H17NO5S. The molecular weight excluding hydrogens is 234 g/mol. The van der Waals surface area contributed by atoms with Crippen LogP contribution in [-0.2, 0) is 19.4 Å². The Morgan fingerprint density at radius 3 is 2.31 bits per heavy atom. The van der Waals surface area contributed by atoms with E-state index in [0.717, 1.165) is 0 Å². The summed E-state index contributed by atoms with van der Waals surface area (Å²) in [6.45, 7) is 3.08. The fourth-order valence-electron chi connectivity index (χ4n) is 1.10. The average Bonchev–Trinajstić information content (AvgIpc) is 2.09. The summed E-state index contributed by atoms with van der Waals surface area (Å²) in [5.41, 5.74) is 0. The van der Waals surface area contributed by atoms with Gasteiger partial charge in [-0.05, 0) is 5.92 Å². The van der Waals surface area contributed by atoms with E-state index < -0.39 is 28.3 Å². The van der Waals surface area contributed by atoms with E-state index in [-0.39, 0.29) is 23.8 Å². The molecule has 0 rings (SSSR count). The highest BCUT2D eigenvalue weighted by atomic mass is 32.2. The van der Waals surface area contributed by atoms with Gasteiger partial charge in [-0.25, -0.2) is 8.42 Å². The predicted octanol–water partition coefficient (Wildman–Crippen LogP) is -0.352. The molecule has 0 aromatic heterocycles. The van der Waals surface area contributed by atoms with Gasteiger partial charge in [0.05, 0.1) is 11.5 Å². The predicted molar refractivity (Wildman–Crippen MR) is 58.8 cm³/mol. The van der Waals surface area contributed by atoms with E-state index in [1.807, 2.05) is 0 Å². The van der Waals surface area contributed by atoms with Crippen molar-refractivity contribution in [3.8, 4) is 0 Å². The molecule has 7 heteroatoms. The second-order valence-corrected chi connectivity index (χ2v) is 6.16. The van der Waals surface area contributed by atoms with Gasteiger partial charge in [0.15, 0.2) is 9.84 Å². The minimum atomic E-state index is -3.22. The molecule has 6 nitrogen and oxygen atoms in total. The first-order chi connectivity index (χ1) is 7.23. The van der Waals surface area contributed by atoms with E-state index in [1.54, 1.807) is 13.8 Å². The summed E-state index contributed by atoms with van der Waals surface area (Å²) in [6.07, 6.45) is -0.192. The Labute approximate surface area is 95.0 Å². The molecule has 0 aliphatic heterocycles. The molecule has 0 saturated heterocycles. The summed E-state index contributed by atoms with van der Waals surface area (Å²) in [6, 6.07) is 0. The van der Waals surface area contributed by atoms with E-state index in [0.29, 0.717) is 0 Å². The van der Waals surface area contributed by atoms with Crippen LogP contribution in [-0.4, -0.2) is 43.5 Å². The third kappa shape index (κ3) is 8.22. The topological polar surface area (TPSA) is 101 Å². The fraction of sp³-hybridized carbons (Fsp3) is 0.778. The molecule has 1 amide bonds. The number of carboxylic acids is 1. The maximum atomic E-state index is 11.4. The zero-order chi connectivity index (χ0) is 12.8. The Kier molecular flexibility index (Phi) is 6.02. The number of carboxylic acid groups (broad SMARTS) is 1. The lowest BCUT2D eigenvalue weighted by atomic mass is 10.3. The number of hydrogen-bond donors (Lipinski definition) is 2. The lowest BCUT2D eigenvalue weighted by Crippen LogP contribution is -2.31. The van der Waals surface area contributed by atoms with Gasteiger partial charge in [-0.3, -0.25) is 9.59 Å². The Morgan fingerprint density at radius 1 is 1.31 bits per heavy atom. The van der Waals surface area contributed by atoms with Gasteiger partial charge in [0.2, 0.25) is 5.91 Å². The van der Waals surface area contributed by atoms with Crippen molar-refractivity contribution in [2.75, 3.05) is 18.1 Å². The van der Waals surface area contributed by atoms with Crippen molar-refractivity contribution in [2.45, 2.75) is 20.3 Å². The maximum Gasteiger partial charge on any atom is 0.322 e.